The molecule has 3 rings (SSSR count). The Bertz CT molecular complexity index is 573. The predicted octanol–water partition coefficient (Wildman–Crippen LogP) is 1.79. The van der Waals surface area contributed by atoms with Gasteiger partial charge in [0.25, 0.3) is 0 Å². The summed E-state index contributed by atoms with van der Waals surface area (Å²) in [5.74, 6) is -0.207. The molecule has 4 nitrogen and oxygen atoms in total. The number of carbonyl (C=O) groups excluding carboxylic acids is 2. The van der Waals surface area contributed by atoms with Crippen LogP contribution < -0.4 is 4.90 Å². The lowest BCUT2D eigenvalue weighted by atomic mass is 9.92. The van der Waals surface area contributed by atoms with Gasteiger partial charge < -0.3 is 9.64 Å². The number of hydrogen-bond donors (Lipinski definition) is 0. The molecule has 2 aliphatic rings. The molecular weight excluding hydrogens is 230 g/mol. The van der Waals surface area contributed by atoms with Crippen molar-refractivity contribution >= 4 is 17.6 Å². The summed E-state index contributed by atoms with van der Waals surface area (Å²) in [5, 5.41) is 0. The molecule has 0 radical (unpaired) electrons. The number of amides is 1. The summed E-state index contributed by atoms with van der Waals surface area (Å²) in [7, 11) is 3.14. The minimum atomic E-state index is -0.363. The van der Waals surface area contributed by atoms with Gasteiger partial charge in [-0.3, -0.25) is 4.79 Å². The van der Waals surface area contributed by atoms with E-state index in [0.717, 1.165) is 29.7 Å². The van der Waals surface area contributed by atoms with E-state index in [9.17, 15) is 9.59 Å². The largest absolute Gasteiger partial charge is 0.465 e. The average molecular weight is 245 g/mol. The van der Waals surface area contributed by atoms with E-state index in [4.69, 9.17) is 4.74 Å². The van der Waals surface area contributed by atoms with Crippen molar-refractivity contribution in [2.24, 2.45) is 0 Å². The Morgan fingerprint density at radius 1 is 1.39 bits per heavy atom. The molecule has 1 fully saturated rings. The summed E-state index contributed by atoms with van der Waals surface area (Å²) in [4.78, 5) is 25.5. The molecule has 1 aliphatic heterocycles. The first kappa shape index (κ1) is 11.3. The number of likely N-dealkylation sites (N-methyl/N-ethyl adjacent to an activating group) is 1. The van der Waals surface area contributed by atoms with Crippen molar-refractivity contribution in [3.63, 3.8) is 0 Å². The van der Waals surface area contributed by atoms with Gasteiger partial charge in [0.2, 0.25) is 5.91 Å². The van der Waals surface area contributed by atoms with Crippen LogP contribution in [0.5, 0.6) is 0 Å². The number of hydrogen-bond acceptors (Lipinski definition) is 3. The Morgan fingerprint density at radius 2 is 2.06 bits per heavy atom. The minimum Gasteiger partial charge on any atom is -0.465 e. The molecule has 0 aromatic heterocycles. The van der Waals surface area contributed by atoms with Gasteiger partial charge in [0, 0.05) is 12.7 Å². The molecule has 0 saturated heterocycles. The maximum atomic E-state index is 12.3. The number of methoxy groups -OCH3 is 1. The van der Waals surface area contributed by atoms with Crippen LogP contribution in [-0.4, -0.2) is 26.0 Å². The molecule has 4 heteroatoms. The second-order valence-electron chi connectivity index (χ2n) is 5.13. The highest BCUT2D eigenvalue weighted by Gasteiger charge is 2.59. The molecule has 94 valence electrons. The first-order valence-electron chi connectivity index (χ1n) is 6.03. The molecule has 1 spiro atoms. The maximum Gasteiger partial charge on any atom is 0.337 e. The summed E-state index contributed by atoms with van der Waals surface area (Å²) in [6.07, 6.45) is 1.84. The van der Waals surface area contributed by atoms with Crippen LogP contribution in [0.3, 0.4) is 0 Å². The summed E-state index contributed by atoms with van der Waals surface area (Å²) < 4.78 is 4.74. The van der Waals surface area contributed by atoms with Crippen molar-refractivity contribution in [3.05, 3.63) is 28.8 Å². The average Bonchev–Trinajstić information content (AvgIpc) is 3.12. The SMILES string of the molecule is COC(=O)c1cc(C)c2c(c1)N(C)C(=O)C21CC1. The number of carbonyl (C=O) groups is 2. The van der Waals surface area contributed by atoms with Crippen molar-refractivity contribution in [1.29, 1.82) is 0 Å². The van der Waals surface area contributed by atoms with Gasteiger partial charge >= 0.3 is 5.97 Å². The Kier molecular flexibility index (Phi) is 2.09. The second kappa shape index (κ2) is 3.34. The van der Waals surface area contributed by atoms with E-state index in [1.165, 1.54) is 7.11 Å². The molecule has 0 atom stereocenters. The van der Waals surface area contributed by atoms with E-state index in [-0.39, 0.29) is 17.3 Å². The van der Waals surface area contributed by atoms with Gasteiger partial charge in [-0.15, -0.1) is 0 Å². The fraction of sp³-hybridized carbons (Fsp3) is 0.429. The zero-order chi connectivity index (χ0) is 13.1. The van der Waals surface area contributed by atoms with E-state index in [2.05, 4.69) is 0 Å². The lowest BCUT2D eigenvalue weighted by molar-refractivity contribution is -0.119. The third-order valence-corrected chi connectivity index (χ3v) is 4.04. The number of esters is 1. The zero-order valence-electron chi connectivity index (χ0n) is 10.7. The predicted molar refractivity (Wildman–Crippen MR) is 66.8 cm³/mol. The number of nitrogens with zero attached hydrogens (tertiary/aromatic N) is 1. The molecule has 0 bridgehead atoms. The van der Waals surface area contributed by atoms with Crippen LogP contribution >= 0.6 is 0 Å². The monoisotopic (exact) mass is 245 g/mol. The van der Waals surface area contributed by atoms with E-state index in [1.807, 2.05) is 13.0 Å². The van der Waals surface area contributed by atoms with Crippen LogP contribution in [0.2, 0.25) is 0 Å². The van der Waals surface area contributed by atoms with E-state index in [0.29, 0.717) is 5.56 Å². The quantitative estimate of drug-likeness (QED) is 0.709. The maximum absolute atomic E-state index is 12.3. The van der Waals surface area contributed by atoms with Crippen LogP contribution in [0.25, 0.3) is 0 Å². The van der Waals surface area contributed by atoms with Gasteiger partial charge in [-0.2, -0.15) is 0 Å². The van der Waals surface area contributed by atoms with Gasteiger partial charge in [0.05, 0.1) is 18.1 Å². The summed E-state index contributed by atoms with van der Waals surface area (Å²) in [6, 6.07) is 3.58. The van der Waals surface area contributed by atoms with E-state index in [1.54, 1.807) is 18.0 Å². The molecule has 1 aromatic rings. The molecule has 18 heavy (non-hydrogen) atoms. The lowest BCUT2D eigenvalue weighted by Gasteiger charge is -2.12. The lowest BCUT2D eigenvalue weighted by Crippen LogP contribution is -2.28. The summed E-state index contributed by atoms with van der Waals surface area (Å²) >= 11 is 0. The number of anilines is 1. The first-order valence-corrected chi connectivity index (χ1v) is 6.03. The van der Waals surface area contributed by atoms with Crippen molar-refractivity contribution in [2.45, 2.75) is 25.2 Å². The van der Waals surface area contributed by atoms with Gasteiger partial charge in [-0.1, -0.05) is 0 Å². The van der Waals surface area contributed by atoms with Crippen LogP contribution in [0, 0.1) is 6.92 Å². The molecule has 0 N–H and O–H groups in total. The molecule has 1 amide bonds. The van der Waals surface area contributed by atoms with E-state index < -0.39 is 0 Å². The summed E-state index contributed by atoms with van der Waals surface area (Å²) in [6.45, 7) is 1.96. The number of fused-ring (bicyclic) bond motifs is 2. The van der Waals surface area contributed by atoms with Crippen LogP contribution in [0.1, 0.15) is 34.3 Å². The van der Waals surface area contributed by atoms with Crippen molar-refractivity contribution in [1.82, 2.24) is 0 Å². The van der Waals surface area contributed by atoms with Gasteiger partial charge in [0.1, 0.15) is 0 Å². The van der Waals surface area contributed by atoms with Gasteiger partial charge in [-0.25, -0.2) is 4.79 Å². The molecule has 1 aliphatic carbocycles. The van der Waals surface area contributed by atoms with Crippen LogP contribution in [0.15, 0.2) is 12.1 Å². The Hall–Kier alpha value is -1.84. The fourth-order valence-corrected chi connectivity index (χ4v) is 3.02. The number of benzene rings is 1. The zero-order valence-corrected chi connectivity index (χ0v) is 10.7. The second-order valence-corrected chi connectivity index (χ2v) is 5.13. The molecular formula is C14H15NO3. The van der Waals surface area contributed by atoms with Crippen LogP contribution in [0.4, 0.5) is 5.69 Å². The Labute approximate surface area is 106 Å². The normalized spacial score (nSPS) is 19.1. The van der Waals surface area contributed by atoms with Crippen molar-refractivity contribution in [2.75, 3.05) is 19.1 Å². The van der Waals surface area contributed by atoms with E-state index >= 15 is 0 Å². The molecule has 1 saturated carbocycles. The van der Waals surface area contributed by atoms with Crippen molar-refractivity contribution < 1.29 is 14.3 Å². The standard InChI is InChI=1S/C14H15NO3/c1-8-6-9(12(16)18-3)7-10-11(8)14(4-5-14)13(17)15(10)2/h6-7H,4-5H2,1-3H3. The topological polar surface area (TPSA) is 46.6 Å². The van der Waals surface area contributed by atoms with Gasteiger partial charge in [-0.05, 0) is 43.0 Å². The highest BCUT2D eigenvalue weighted by Crippen LogP contribution is 2.58. The molecule has 0 unspecified atom stereocenters. The number of rotatable bonds is 1. The third kappa shape index (κ3) is 1.20. The highest BCUT2D eigenvalue weighted by molar-refractivity contribution is 6.11. The minimum absolute atomic E-state index is 0.155. The smallest absolute Gasteiger partial charge is 0.337 e. The Morgan fingerprint density at radius 3 is 2.61 bits per heavy atom. The summed E-state index contributed by atoms with van der Waals surface area (Å²) in [5.41, 5.74) is 3.18. The van der Waals surface area contributed by atoms with Crippen molar-refractivity contribution in [3.8, 4) is 0 Å². The first-order chi connectivity index (χ1) is 8.51. The third-order valence-electron chi connectivity index (χ3n) is 4.04. The number of aryl methyl sites for hydroxylation is 1. The van der Waals surface area contributed by atoms with Gasteiger partial charge in [0.15, 0.2) is 0 Å². The van der Waals surface area contributed by atoms with Crippen LogP contribution in [-0.2, 0) is 14.9 Å². The molecule has 1 heterocycles. The fourth-order valence-electron chi connectivity index (χ4n) is 3.02. The molecule has 1 aromatic carbocycles. The Balaban J connectivity index is 2.20. The number of ether oxygens (including phenoxy) is 1. The highest BCUT2D eigenvalue weighted by atomic mass is 16.5.